The van der Waals surface area contributed by atoms with Gasteiger partial charge in [0.2, 0.25) is 0 Å². The van der Waals surface area contributed by atoms with E-state index in [-0.39, 0.29) is 0 Å². The van der Waals surface area contributed by atoms with Crippen LogP contribution in [0.2, 0.25) is 0 Å². The second-order valence-corrected chi connectivity index (χ2v) is 6.36. The first-order chi connectivity index (χ1) is 10.6. The molecule has 4 nitrogen and oxygen atoms in total. The highest BCUT2D eigenvalue weighted by Gasteiger charge is 2.30. The van der Waals surface area contributed by atoms with Gasteiger partial charge in [0.25, 0.3) is 0 Å². The van der Waals surface area contributed by atoms with Crippen molar-refractivity contribution in [2.75, 3.05) is 7.11 Å². The SMILES string of the molecule is CCc1ccccc1OP(=O)(OC)Oc1ccccc1CC. The van der Waals surface area contributed by atoms with Gasteiger partial charge in [0.15, 0.2) is 0 Å². The van der Waals surface area contributed by atoms with E-state index in [9.17, 15) is 4.57 Å². The van der Waals surface area contributed by atoms with Crippen molar-refractivity contribution in [2.24, 2.45) is 0 Å². The number of benzene rings is 2. The summed E-state index contributed by atoms with van der Waals surface area (Å²) in [5.41, 5.74) is 1.90. The van der Waals surface area contributed by atoms with Crippen LogP contribution in [0.25, 0.3) is 0 Å². The number of phosphoric acid groups is 1. The van der Waals surface area contributed by atoms with Crippen molar-refractivity contribution in [3.05, 3.63) is 59.7 Å². The molecule has 0 spiro atoms. The molecular weight excluding hydrogens is 299 g/mol. The Morgan fingerprint density at radius 3 is 1.59 bits per heavy atom. The fourth-order valence-electron chi connectivity index (χ4n) is 2.10. The molecule has 0 aliphatic rings. The molecule has 5 heteroatoms. The van der Waals surface area contributed by atoms with Gasteiger partial charge >= 0.3 is 7.82 Å². The lowest BCUT2D eigenvalue weighted by Gasteiger charge is -2.20. The van der Waals surface area contributed by atoms with Crippen LogP contribution in [-0.4, -0.2) is 7.11 Å². The lowest BCUT2D eigenvalue weighted by molar-refractivity contribution is 0.248. The van der Waals surface area contributed by atoms with Crippen molar-refractivity contribution in [1.82, 2.24) is 0 Å². The Morgan fingerprint density at radius 1 is 0.818 bits per heavy atom. The maximum absolute atomic E-state index is 12.8. The molecule has 22 heavy (non-hydrogen) atoms. The van der Waals surface area contributed by atoms with E-state index in [2.05, 4.69) is 0 Å². The Hall–Kier alpha value is -1.77. The first kappa shape index (κ1) is 16.6. The summed E-state index contributed by atoms with van der Waals surface area (Å²) in [4.78, 5) is 0. The fourth-order valence-corrected chi connectivity index (χ4v) is 3.13. The van der Waals surface area contributed by atoms with Gasteiger partial charge < -0.3 is 9.05 Å². The topological polar surface area (TPSA) is 44.8 Å². The normalized spacial score (nSPS) is 11.2. The molecule has 0 saturated heterocycles. The first-order valence-corrected chi connectivity index (χ1v) is 8.78. The summed E-state index contributed by atoms with van der Waals surface area (Å²) in [7, 11) is -2.40. The highest BCUT2D eigenvalue weighted by molar-refractivity contribution is 7.49. The first-order valence-electron chi connectivity index (χ1n) is 7.32. The number of hydrogen-bond donors (Lipinski definition) is 0. The highest BCUT2D eigenvalue weighted by Crippen LogP contribution is 2.50. The van der Waals surface area contributed by atoms with Crippen LogP contribution in [0.15, 0.2) is 48.5 Å². The molecule has 2 aromatic rings. The van der Waals surface area contributed by atoms with Gasteiger partial charge in [-0.1, -0.05) is 50.2 Å². The van der Waals surface area contributed by atoms with E-state index in [1.807, 2.05) is 50.2 Å². The third-order valence-corrected chi connectivity index (χ3v) is 4.64. The summed E-state index contributed by atoms with van der Waals surface area (Å²) in [6.45, 7) is 4.01. The number of phosphoric ester groups is 1. The van der Waals surface area contributed by atoms with Crippen molar-refractivity contribution >= 4 is 7.82 Å². The van der Waals surface area contributed by atoms with E-state index in [0.717, 1.165) is 24.0 Å². The van der Waals surface area contributed by atoms with Crippen LogP contribution in [0.4, 0.5) is 0 Å². The van der Waals surface area contributed by atoms with Gasteiger partial charge in [-0.3, -0.25) is 4.52 Å². The fraction of sp³-hybridized carbons (Fsp3) is 0.294. The van der Waals surface area contributed by atoms with Gasteiger partial charge in [-0.15, -0.1) is 0 Å². The van der Waals surface area contributed by atoms with E-state index in [1.54, 1.807) is 12.1 Å². The zero-order valence-corrected chi connectivity index (χ0v) is 14.0. The molecular formula is C17H21O4P. The molecule has 0 amide bonds. The van der Waals surface area contributed by atoms with E-state index in [4.69, 9.17) is 13.6 Å². The Labute approximate surface area is 131 Å². The third-order valence-electron chi connectivity index (χ3n) is 3.35. The van der Waals surface area contributed by atoms with E-state index in [0.29, 0.717) is 11.5 Å². The van der Waals surface area contributed by atoms with Gasteiger partial charge in [0.05, 0.1) is 0 Å². The van der Waals surface area contributed by atoms with E-state index in [1.165, 1.54) is 7.11 Å². The number of aryl methyl sites for hydroxylation is 2. The zero-order chi connectivity index (χ0) is 16.0. The highest BCUT2D eigenvalue weighted by atomic mass is 31.2. The molecule has 0 aliphatic heterocycles. The van der Waals surface area contributed by atoms with Crippen LogP contribution >= 0.6 is 7.82 Å². The summed E-state index contributed by atoms with van der Waals surface area (Å²) in [5, 5.41) is 0. The number of rotatable bonds is 7. The second-order valence-electron chi connectivity index (χ2n) is 4.73. The molecule has 0 aliphatic carbocycles. The van der Waals surface area contributed by atoms with Crippen LogP contribution in [0.3, 0.4) is 0 Å². The average molecular weight is 320 g/mol. The molecule has 0 bridgehead atoms. The lowest BCUT2D eigenvalue weighted by Crippen LogP contribution is -2.05. The van der Waals surface area contributed by atoms with Crippen molar-refractivity contribution in [1.29, 1.82) is 0 Å². The quantitative estimate of drug-likeness (QED) is 0.672. The second kappa shape index (κ2) is 7.48. The molecule has 2 aromatic carbocycles. The summed E-state index contributed by atoms with van der Waals surface area (Å²) < 4.78 is 29.0. The molecule has 0 unspecified atom stereocenters. The van der Waals surface area contributed by atoms with Crippen molar-refractivity contribution in [3.8, 4) is 11.5 Å². The minimum atomic E-state index is -3.72. The van der Waals surface area contributed by atoms with Crippen molar-refractivity contribution < 1.29 is 18.1 Å². The van der Waals surface area contributed by atoms with E-state index >= 15 is 0 Å². The molecule has 0 aromatic heterocycles. The van der Waals surface area contributed by atoms with Gasteiger partial charge in [0.1, 0.15) is 11.5 Å². The van der Waals surface area contributed by atoms with Crippen LogP contribution in [0, 0.1) is 0 Å². The largest absolute Gasteiger partial charge is 0.587 e. The van der Waals surface area contributed by atoms with Gasteiger partial charge in [0, 0.05) is 7.11 Å². The van der Waals surface area contributed by atoms with Crippen LogP contribution in [0.1, 0.15) is 25.0 Å². The minimum absolute atomic E-state index is 0.518. The Morgan fingerprint density at radius 2 is 1.23 bits per heavy atom. The maximum atomic E-state index is 12.8. The monoisotopic (exact) mass is 320 g/mol. The average Bonchev–Trinajstić information content (AvgIpc) is 2.56. The van der Waals surface area contributed by atoms with Crippen LogP contribution in [0.5, 0.6) is 11.5 Å². The number of para-hydroxylation sites is 2. The summed E-state index contributed by atoms with van der Waals surface area (Å²) in [5.74, 6) is 1.04. The molecule has 0 saturated carbocycles. The molecule has 0 radical (unpaired) electrons. The van der Waals surface area contributed by atoms with Gasteiger partial charge in [-0.05, 0) is 36.1 Å². The summed E-state index contributed by atoms with van der Waals surface area (Å²) >= 11 is 0. The van der Waals surface area contributed by atoms with Gasteiger partial charge in [-0.25, -0.2) is 4.57 Å². The molecule has 0 atom stereocenters. The zero-order valence-electron chi connectivity index (χ0n) is 13.1. The molecule has 0 heterocycles. The van der Waals surface area contributed by atoms with Crippen LogP contribution in [-0.2, 0) is 21.9 Å². The van der Waals surface area contributed by atoms with E-state index < -0.39 is 7.82 Å². The Bertz CT molecular complexity index is 616. The molecule has 0 N–H and O–H groups in total. The summed E-state index contributed by atoms with van der Waals surface area (Å²) in [6.07, 6.45) is 1.54. The predicted octanol–water partition coefficient (Wildman–Crippen LogP) is 5.02. The lowest BCUT2D eigenvalue weighted by atomic mass is 10.1. The maximum Gasteiger partial charge on any atom is 0.587 e. The Kier molecular flexibility index (Phi) is 5.64. The van der Waals surface area contributed by atoms with Crippen molar-refractivity contribution in [2.45, 2.75) is 26.7 Å². The van der Waals surface area contributed by atoms with Gasteiger partial charge in [-0.2, -0.15) is 0 Å². The minimum Gasteiger partial charge on any atom is -0.395 e. The summed E-state index contributed by atoms with van der Waals surface area (Å²) in [6, 6.07) is 14.9. The van der Waals surface area contributed by atoms with Crippen LogP contribution < -0.4 is 9.05 Å². The number of hydrogen-bond acceptors (Lipinski definition) is 4. The smallest absolute Gasteiger partial charge is 0.395 e. The molecule has 0 fully saturated rings. The third kappa shape index (κ3) is 3.90. The standard InChI is InChI=1S/C17H21O4P/c1-4-14-10-6-8-12-16(14)20-22(18,19-3)21-17-13-9-7-11-15(17)5-2/h6-13H,4-5H2,1-3H3. The Balaban J connectivity index is 2.27. The molecule has 2 rings (SSSR count). The van der Waals surface area contributed by atoms with Crippen molar-refractivity contribution in [3.63, 3.8) is 0 Å². The predicted molar refractivity (Wildman–Crippen MR) is 87.5 cm³/mol. The molecule has 118 valence electrons.